The summed E-state index contributed by atoms with van der Waals surface area (Å²) in [5.74, 6) is -0.868. The maximum absolute atomic E-state index is 12.7. The van der Waals surface area contributed by atoms with Crippen LogP contribution in [0.3, 0.4) is 0 Å². The Labute approximate surface area is 397 Å². The van der Waals surface area contributed by atoms with Crippen LogP contribution in [0.2, 0.25) is 0 Å². The second kappa shape index (κ2) is 53.0. The van der Waals surface area contributed by atoms with Gasteiger partial charge in [0.05, 0.1) is 0 Å². The average molecular weight is 897 g/mol. The predicted octanol–water partition coefficient (Wildman–Crippen LogP) is 18.3. The van der Waals surface area contributed by atoms with E-state index in [4.69, 9.17) is 14.2 Å². The summed E-state index contributed by atoms with van der Waals surface area (Å²) in [7, 11) is 0. The van der Waals surface area contributed by atoms with Gasteiger partial charge in [-0.25, -0.2) is 0 Å². The summed E-state index contributed by atoms with van der Waals surface area (Å²) < 4.78 is 16.7. The normalized spacial score (nSPS) is 12.4. The van der Waals surface area contributed by atoms with Crippen molar-refractivity contribution in [3.63, 3.8) is 0 Å². The van der Waals surface area contributed by atoms with Gasteiger partial charge in [-0.05, 0) is 57.8 Å². The Bertz CT molecular complexity index is 1120. The third-order valence-corrected chi connectivity index (χ3v) is 12.1. The molecule has 0 fully saturated rings. The fraction of sp³-hybridized carbons (Fsp3) is 0.810. The van der Waals surface area contributed by atoms with Gasteiger partial charge in [0.1, 0.15) is 13.2 Å². The van der Waals surface area contributed by atoms with Gasteiger partial charge in [-0.15, -0.1) is 0 Å². The van der Waals surface area contributed by atoms with E-state index in [-0.39, 0.29) is 31.1 Å². The lowest BCUT2D eigenvalue weighted by atomic mass is 10.0. The molecule has 0 saturated carbocycles. The monoisotopic (exact) mass is 897 g/mol. The Kier molecular flexibility index (Phi) is 50.8. The molecular weight excluding hydrogens is 793 g/mol. The van der Waals surface area contributed by atoms with Crippen molar-refractivity contribution in [1.29, 1.82) is 0 Å². The van der Waals surface area contributed by atoms with E-state index in [2.05, 4.69) is 69.4 Å². The van der Waals surface area contributed by atoms with E-state index in [1.165, 1.54) is 161 Å². The van der Waals surface area contributed by atoms with Crippen molar-refractivity contribution in [3.05, 3.63) is 48.6 Å². The van der Waals surface area contributed by atoms with Crippen molar-refractivity contribution in [3.8, 4) is 0 Å². The van der Waals surface area contributed by atoms with Gasteiger partial charge in [-0.2, -0.15) is 0 Å². The van der Waals surface area contributed by atoms with E-state index in [1.54, 1.807) is 0 Å². The zero-order valence-electron chi connectivity index (χ0n) is 42.6. The van der Waals surface area contributed by atoms with Gasteiger partial charge in [0.2, 0.25) is 0 Å². The van der Waals surface area contributed by atoms with Gasteiger partial charge in [0.25, 0.3) is 0 Å². The molecule has 0 aliphatic rings. The summed E-state index contributed by atoms with van der Waals surface area (Å²) in [6.45, 7) is 6.49. The first kappa shape index (κ1) is 61.4. The molecule has 0 aliphatic carbocycles. The fourth-order valence-electron chi connectivity index (χ4n) is 7.96. The predicted molar refractivity (Wildman–Crippen MR) is 275 cm³/mol. The van der Waals surface area contributed by atoms with Crippen LogP contribution in [0.15, 0.2) is 48.6 Å². The Morgan fingerprint density at radius 1 is 0.328 bits per heavy atom. The summed E-state index contributed by atoms with van der Waals surface area (Å²) in [4.78, 5) is 37.8. The molecule has 0 aliphatic heterocycles. The van der Waals surface area contributed by atoms with Crippen molar-refractivity contribution in [2.45, 2.75) is 290 Å². The molecule has 1 unspecified atom stereocenters. The smallest absolute Gasteiger partial charge is 0.306 e. The largest absolute Gasteiger partial charge is 0.462 e. The van der Waals surface area contributed by atoms with E-state index in [0.29, 0.717) is 19.3 Å². The topological polar surface area (TPSA) is 78.9 Å². The van der Waals surface area contributed by atoms with E-state index < -0.39 is 6.10 Å². The first-order valence-electron chi connectivity index (χ1n) is 27.6. The second-order valence-corrected chi connectivity index (χ2v) is 18.5. The number of carbonyl (C=O) groups is 3. The lowest BCUT2D eigenvalue weighted by Gasteiger charge is -2.18. The lowest BCUT2D eigenvalue weighted by Crippen LogP contribution is -2.30. The summed E-state index contributed by atoms with van der Waals surface area (Å²) in [5.41, 5.74) is 0. The summed E-state index contributed by atoms with van der Waals surface area (Å²) in [6, 6.07) is 0. The van der Waals surface area contributed by atoms with E-state index in [1.807, 2.05) is 0 Å². The summed E-state index contributed by atoms with van der Waals surface area (Å²) >= 11 is 0. The minimum atomic E-state index is -0.765. The van der Waals surface area contributed by atoms with Crippen molar-refractivity contribution < 1.29 is 28.6 Å². The van der Waals surface area contributed by atoms with Crippen LogP contribution in [-0.4, -0.2) is 37.2 Å². The third kappa shape index (κ3) is 50.4. The summed E-state index contributed by atoms with van der Waals surface area (Å²) in [5, 5.41) is 0. The maximum atomic E-state index is 12.7. The van der Waals surface area contributed by atoms with Crippen LogP contribution in [0.25, 0.3) is 0 Å². The van der Waals surface area contributed by atoms with Crippen LogP contribution in [-0.2, 0) is 28.6 Å². The highest BCUT2D eigenvalue weighted by atomic mass is 16.6. The molecule has 0 bridgehead atoms. The highest BCUT2D eigenvalue weighted by molar-refractivity contribution is 5.71. The number of hydrogen-bond acceptors (Lipinski definition) is 6. The van der Waals surface area contributed by atoms with Gasteiger partial charge >= 0.3 is 17.9 Å². The molecule has 0 saturated heterocycles. The van der Waals surface area contributed by atoms with Crippen LogP contribution in [0, 0.1) is 0 Å². The van der Waals surface area contributed by atoms with E-state index in [9.17, 15) is 14.4 Å². The molecule has 0 rings (SSSR count). The molecule has 0 aromatic heterocycles. The molecule has 0 heterocycles. The van der Waals surface area contributed by atoms with Crippen molar-refractivity contribution in [2.24, 2.45) is 0 Å². The molecule has 0 radical (unpaired) electrons. The fourth-order valence-corrected chi connectivity index (χ4v) is 7.96. The number of allylic oxidation sites excluding steroid dienone is 8. The lowest BCUT2D eigenvalue weighted by molar-refractivity contribution is -0.167. The number of ether oxygens (including phenoxy) is 3. The van der Waals surface area contributed by atoms with Crippen LogP contribution >= 0.6 is 0 Å². The highest BCUT2D eigenvalue weighted by Gasteiger charge is 2.19. The van der Waals surface area contributed by atoms with Crippen molar-refractivity contribution in [1.82, 2.24) is 0 Å². The summed E-state index contributed by atoms with van der Waals surface area (Å²) in [6.07, 6.45) is 64.2. The molecule has 0 amide bonds. The number of esters is 3. The SMILES string of the molecule is CC/C=C\C/C=C\C/C=C\C/C=C\CCCCCCCCCCCCCCCCC(=O)OCC(COC(=O)CCCCCCCC)OC(=O)CCCCCCCCCCCCCCC. The van der Waals surface area contributed by atoms with Gasteiger partial charge in [-0.3, -0.25) is 14.4 Å². The zero-order valence-corrected chi connectivity index (χ0v) is 42.6. The Morgan fingerprint density at radius 3 is 0.953 bits per heavy atom. The Morgan fingerprint density at radius 2 is 0.609 bits per heavy atom. The molecule has 6 nitrogen and oxygen atoms in total. The van der Waals surface area contributed by atoms with Crippen LogP contribution < -0.4 is 0 Å². The first-order valence-corrected chi connectivity index (χ1v) is 27.6. The molecule has 6 heteroatoms. The average Bonchev–Trinajstić information content (AvgIpc) is 3.29. The molecular formula is C58H104O6. The van der Waals surface area contributed by atoms with Gasteiger partial charge in [0, 0.05) is 19.3 Å². The second-order valence-electron chi connectivity index (χ2n) is 18.5. The third-order valence-electron chi connectivity index (χ3n) is 12.1. The highest BCUT2D eigenvalue weighted by Crippen LogP contribution is 2.16. The Balaban J connectivity index is 4.04. The number of carbonyl (C=O) groups excluding carboxylic acids is 3. The standard InChI is InChI=1S/C58H104O6/c1-4-7-10-13-16-18-20-22-23-24-25-26-27-28-29-30-31-32-33-34-35-37-38-40-42-45-48-51-57(60)63-54-55(53-62-56(59)50-47-44-15-12-9-6-3)64-58(61)52-49-46-43-41-39-36-21-19-17-14-11-8-5-2/h7,10,16,18,22-23,25-26,55H,4-6,8-9,11-15,17,19-21,24,27-54H2,1-3H3/b10-7-,18-16-,23-22-,26-25-. The van der Waals surface area contributed by atoms with E-state index >= 15 is 0 Å². The zero-order chi connectivity index (χ0) is 46.5. The molecule has 1 atom stereocenters. The van der Waals surface area contributed by atoms with Crippen molar-refractivity contribution >= 4 is 17.9 Å². The molecule has 64 heavy (non-hydrogen) atoms. The Hall–Kier alpha value is -2.63. The van der Waals surface area contributed by atoms with Crippen LogP contribution in [0.1, 0.15) is 284 Å². The first-order chi connectivity index (χ1) is 31.5. The van der Waals surface area contributed by atoms with E-state index in [0.717, 1.165) is 83.5 Å². The van der Waals surface area contributed by atoms with Gasteiger partial charge < -0.3 is 14.2 Å². The van der Waals surface area contributed by atoms with Crippen LogP contribution in [0.5, 0.6) is 0 Å². The molecule has 0 aromatic carbocycles. The molecule has 0 aromatic rings. The number of rotatable bonds is 50. The van der Waals surface area contributed by atoms with Crippen molar-refractivity contribution in [2.75, 3.05) is 13.2 Å². The van der Waals surface area contributed by atoms with Gasteiger partial charge in [0.15, 0.2) is 6.10 Å². The van der Waals surface area contributed by atoms with Crippen LogP contribution in [0.4, 0.5) is 0 Å². The molecule has 0 N–H and O–H groups in total. The number of unbranched alkanes of at least 4 members (excludes halogenated alkanes) is 31. The minimum Gasteiger partial charge on any atom is -0.462 e. The molecule has 0 spiro atoms. The molecule has 372 valence electrons. The number of hydrogen-bond donors (Lipinski definition) is 0. The quantitative estimate of drug-likeness (QED) is 0.0262. The minimum absolute atomic E-state index is 0.0693. The maximum Gasteiger partial charge on any atom is 0.306 e. The van der Waals surface area contributed by atoms with Gasteiger partial charge in [-0.1, -0.05) is 256 Å².